The zero-order valence-corrected chi connectivity index (χ0v) is 6.06. The third-order valence-corrected chi connectivity index (χ3v) is 2.19. The molecule has 4 N–H and O–H groups in total. The molecule has 0 spiro atoms. The van der Waals surface area contributed by atoms with Crippen molar-refractivity contribution in [1.29, 1.82) is 0 Å². The largest absolute Gasteiger partial charge is 0.330 e. The molecule has 1 unspecified atom stereocenters. The van der Waals surface area contributed by atoms with Crippen LogP contribution in [0, 0.1) is 5.92 Å². The summed E-state index contributed by atoms with van der Waals surface area (Å²) in [6, 6.07) is 0. The van der Waals surface area contributed by atoms with Crippen LogP contribution in [0.1, 0.15) is 26.2 Å². The van der Waals surface area contributed by atoms with Crippen molar-refractivity contribution >= 4 is 0 Å². The first-order valence-electron chi connectivity index (χ1n) is 3.66. The van der Waals surface area contributed by atoms with Crippen LogP contribution in [0.4, 0.5) is 0 Å². The van der Waals surface area contributed by atoms with Crippen LogP contribution in [0.25, 0.3) is 0 Å². The summed E-state index contributed by atoms with van der Waals surface area (Å²) >= 11 is 0. The molecule has 0 saturated heterocycles. The predicted molar refractivity (Wildman–Crippen MR) is 39.0 cm³/mol. The van der Waals surface area contributed by atoms with Gasteiger partial charge in [0.15, 0.2) is 0 Å². The topological polar surface area (TPSA) is 52.0 Å². The van der Waals surface area contributed by atoms with Gasteiger partial charge >= 0.3 is 0 Å². The summed E-state index contributed by atoms with van der Waals surface area (Å²) in [5.74, 6) is 0.765. The molecule has 1 rings (SSSR count). The Morgan fingerprint density at radius 2 is 2.11 bits per heavy atom. The Hall–Kier alpha value is -0.0800. The predicted octanol–water partition coefficient (Wildman–Crippen LogP) is 0.463. The van der Waals surface area contributed by atoms with Crippen molar-refractivity contribution < 1.29 is 0 Å². The highest BCUT2D eigenvalue weighted by Crippen LogP contribution is 2.39. The van der Waals surface area contributed by atoms with E-state index < -0.39 is 0 Å². The molecule has 0 aliphatic heterocycles. The minimum atomic E-state index is 0.0365. The fourth-order valence-electron chi connectivity index (χ4n) is 1.26. The molecule has 9 heavy (non-hydrogen) atoms. The molecule has 1 aliphatic rings. The van der Waals surface area contributed by atoms with Crippen molar-refractivity contribution in [2.24, 2.45) is 17.4 Å². The molecule has 1 saturated carbocycles. The van der Waals surface area contributed by atoms with Crippen LogP contribution < -0.4 is 11.5 Å². The fourth-order valence-corrected chi connectivity index (χ4v) is 1.26. The molecule has 54 valence electrons. The Morgan fingerprint density at radius 1 is 1.56 bits per heavy atom. The van der Waals surface area contributed by atoms with Crippen molar-refractivity contribution in [2.45, 2.75) is 31.7 Å². The van der Waals surface area contributed by atoms with Gasteiger partial charge in [0.25, 0.3) is 0 Å². The van der Waals surface area contributed by atoms with Gasteiger partial charge in [0.2, 0.25) is 0 Å². The average Bonchev–Trinajstić information content (AvgIpc) is 2.41. The Morgan fingerprint density at radius 3 is 2.44 bits per heavy atom. The van der Waals surface area contributed by atoms with Crippen LogP contribution in [0.3, 0.4) is 0 Å². The van der Waals surface area contributed by atoms with Gasteiger partial charge in [0.05, 0.1) is 0 Å². The summed E-state index contributed by atoms with van der Waals surface area (Å²) < 4.78 is 0. The van der Waals surface area contributed by atoms with E-state index in [1.165, 1.54) is 12.8 Å². The molecule has 2 nitrogen and oxygen atoms in total. The minimum Gasteiger partial charge on any atom is -0.330 e. The van der Waals surface area contributed by atoms with Gasteiger partial charge in [0, 0.05) is 5.54 Å². The molecule has 2 heteroatoms. The van der Waals surface area contributed by atoms with Gasteiger partial charge in [-0.05, 0) is 38.6 Å². The Labute approximate surface area is 56.6 Å². The van der Waals surface area contributed by atoms with Crippen LogP contribution in [-0.4, -0.2) is 12.1 Å². The van der Waals surface area contributed by atoms with Crippen molar-refractivity contribution in [3.8, 4) is 0 Å². The van der Waals surface area contributed by atoms with Gasteiger partial charge in [-0.3, -0.25) is 0 Å². The molecule has 0 aromatic heterocycles. The van der Waals surface area contributed by atoms with E-state index in [4.69, 9.17) is 11.5 Å². The normalized spacial score (nSPS) is 25.7. The number of hydrogen-bond acceptors (Lipinski definition) is 2. The second-order valence-electron chi connectivity index (χ2n) is 3.32. The smallest absolute Gasteiger partial charge is 0.0166 e. The molecule has 0 aromatic rings. The molecular weight excluding hydrogens is 112 g/mol. The zero-order chi connectivity index (χ0) is 6.91. The minimum absolute atomic E-state index is 0.0365. The maximum atomic E-state index is 5.95. The SMILES string of the molecule is CC(N)(CCN)C1CC1. The fraction of sp³-hybridized carbons (Fsp3) is 1.00. The van der Waals surface area contributed by atoms with E-state index in [0.29, 0.717) is 0 Å². The maximum Gasteiger partial charge on any atom is 0.0166 e. The maximum absolute atomic E-state index is 5.95. The van der Waals surface area contributed by atoms with Crippen LogP contribution in [0.5, 0.6) is 0 Å². The van der Waals surface area contributed by atoms with E-state index in [0.717, 1.165) is 18.9 Å². The van der Waals surface area contributed by atoms with Crippen molar-refractivity contribution in [2.75, 3.05) is 6.54 Å². The summed E-state index contributed by atoms with van der Waals surface area (Å²) in [6.45, 7) is 2.83. The molecular formula is C7H16N2. The highest BCUT2D eigenvalue weighted by atomic mass is 14.8. The molecule has 0 aromatic carbocycles. The lowest BCUT2D eigenvalue weighted by Gasteiger charge is -2.22. The lowest BCUT2D eigenvalue weighted by atomic mass is 9.93. The standard InChI is InChI=1S/C7H16N2/c1-7(9,4-5-8)6-2-3-6/h6H,2-5,8-9H2,1H3. The van der Waals surface area contributed by atoms with E-state index in [-0.39, 0.29) is 5.54 Å². The first-order chi connectivity index (χ1) is 4.17. The van der Waals surface area contributed by atoms with Gasteiger partial charge in [-0.1, -0.05) is 0 Å². The van der Waals surface area contributed by atoms with E-state index in [1.54, 1.807) is 0 Å². The number of rotatable bonds is 3. The monoisotopic (exact) mass is 128 g/mol. The van der Waals surface area contributed by atoms with Gasteiger partial charge in [-0.25, -0.2) is 0 Å². The molecule has 1 atom stereocenters. The Kier molecular flexibility index (Phi) is 1.78. The Balaban J connectivity index is 2.30. The van der Waals surface area contributed by atoms with Crippen molar-refractivity contribution in [3.05, 3.63) is 0 Å². The van der Waals surface area contributed by atoms with Gasteiger partial charge in [-0.15, -0.1) is 0 Å². The highest BCUT2D eigenvalue weighted by molar-refractivity contribution is 4.94. The third kappa shape index (κ3) is 1.66. The molecule has 1 aliphatic carbocycles. The van der Waals surface area contributed by atoms with E-state index in [9.17, 15) is 0 Å². The van der Waals surface area contributed by atoms with Crippen LogP contribution >= 0.6 is 0 Å². The average molecular weight is 128 g/mol. The van der Waals surface area contributed by atoms with Gasteiger partial charge in [-0.2, -0.15) is 0 Å². The third-order valence-electron chi connectivity index (χ3n) is 2.19. The molecule has 0 heterocycles. The summed E-state index contributed by atoms with van der Waals surface area (Å²) in [4.78, 5) is 0. The second-order valence-corrected chi connectivity index (χ2v) is 3.32. The van der Waals surface area contributed by atoms with Gasteiger partial charge in [0.1, 0.15) is 0 Å². The summed E-state index contributed by atoms with van der Waals surface area (Å²) in [6.07, 6.45) is 3.59. The van der Waals surface area contributed by atoms with Crippen LogP contribution in [0.15, 0.2) is 0 Å². The van der Waals surface area contributed by atoms with E-state index in [2.05, 4.69) is 6.92 Å². The van der Waals surface area contributed by atoms with Gasteiger partial charge < -0.3 is 11.5 Å². The van der Waals surface area contributed by atoms with E-state index >= 15 is 0 Å². The molecule has 0 bridgehead atoms. The number of nitrogens with two attached hydrogens (primary N) is 2. The van der Waals surface area contributed by atoms with Crippen LogP contribution in [0.2, 0.25) is 0 Å². The lowest BCUT2D eigenvalue weighted by Crippen LogP contribution is -2.40. The summed E-state index contributed by atoms with van der Waals surface area (Å²) in [5, 5.41) is 0. The molecule has 0 amide bonds. The summed E-state index contributed by atoms with van der Waals surface area (Å²) in [7, 11) is 0. The van der Waals surface area contributed by atoms with Crippen LogP contribution in [-0.2, 0) is 0 Å². The molecule has 1 fully saturated rings. The zero-order valence-electron chi connectivity index (χ0n) is 6.06. The lowest BCUT2D eigenvalue weighted by molar-refractivity contribution is 0.384. The first-order valence-corrected chi connectivity index (χ1v) is 3.66. The first kappa shape index (κ1) is 7.03. The Bertz CT molecular complexity index is 95.1. The molecule has 0 radical (unpaired) electrons. The highest BCUT2D eigenvalue weighted by Gasteiger charge is 2.37. The van der Waals surface area contributed by atoms with Crippen molar-refractivity contribution in [3.63, 3.8) is 0 Å². The quantitative estimate of drug-likeness (QED) is 0.580. The second kappa shape index (κ2) is 2.27. The number of hydrogen-bond donors (Lipinski definition) is 2. The summed E-state index contributed by atoms with van der Waals surface area (Å²) in [5.41, 5.74) is 11.4. The van der Waals surface area contributed by atoms with Crippen molar-refractivity contribution in [1.82, 2.24) is 0 Å². The van der Waals surface area contributed by atoms with E-state index in [1.807, 2.05) is 0 Å².